The molecule has 130 valence electrons. The van der Waals surface area contributed by atoms with E-state index in [1.807, 2.05) is 24.3 Å². The molecule has 0 radical (unpaired) electrons. The third kappa shape index (κ3) is 6.77. The van der Waals surface area contributed by atoms with Gasteiger partial charge in [0, 0.05) is 19.6 Å². The van der Waals surface area contributed by atoms with Crippen LogP contribution in [0.25, 0.3) is 0 Å². The van der Waals surface area contributed by atoms with Gasteiger partial charge >= 0.3 is 0 Å². The van der Waals surface area contributed by atoms with Gasteiger partial charge in [0.25, 0.3) is 0 Å². The number of hydrogen-bond donors (Lipinski definition) is 1. The fourth-order valence-electron chi connectivity index (χ4n) is 2.78. The van der Waals surface area contributed by atoms with Gasteiger partial charge in [0.1, 0.15) is 12.4 Å². The van der Waals surface area contributed by atoms with Crippen molar-refractivity contribution in [3.8, 4) is 5.75 Å². The summed E-state index contributed by atoms with van der Waals surface area (Å²) >= 11 is 3.43. The predicted molar refractivity (Wildman–Crippen MR) is 92.9 cm³/mol. The van der Waals surface area contributed by atoms with Crippen molar-refractivity contribution >= 4 is 15.9 Å². The van der Waals surface area contributed by atoms with Gasteiger partial charge in [-0.2, -0.15) is 0 Å². The fourth-order valence-corrected chi connectivity index (χ4v) is 3.18. The smallest absolute Gasteiger partial charge is 0.133 e. The van der Waals surface area contributed by atoms with E-state index in [0.29, 0.717) is 26.4 Å². The number of benzene rings is 1. The molecule has 2 rings (SSSR count). The first kappa shape index (κ1) is 18.7. The first-order valence-electron chi connectivity index (χ1n) is 8.05. The van der Waals surface area contributed by atoms with Gasteiger partial charge in [-0.05, 0) is 41.9 Å². The molecule has 1 fully saturated rings. The Bertz CT molecular complexity index is 464. The molecule has 0 amide bonds. The second kappa shape index (κ2) is 9.59. The van der Waals surface area contributed by atoms with Crippen molar-refractivity contribution in [1.82, 2.24) is 4.90 Å². The highest BCUT2D eigenvalue weighted by atomic mass is 79.9. The molecule has 1 N–H and O–H groups in total. The van der Waals surface area contributed by atoms with Crippen LogP contribution in [-0.4, -0.2) is 67.8 Å². The van der Waals surface area contributed by atoms with E-state index in [9.17, 15) is 5.11 Å². The van der Waals surface area contributed by atoms with E-state index >= 15 is 0 Å². The number of β-amino-alcohol motifs (C(OH)–C–C–N with tert-alkyl or cyclic N) is 1. The third-order valence-electron chi connectivity index (χ3n) is 3.60. The highest BCUT2D eigenvalue weighted by molar-refractivity contribution is 9.10. The maximum Gasteiger partial charge on any atom is 0.133 e. The molecule has 3 atom stereocenters. The molecule has 0 aromatic heterocycles. The Kier molecular flexibility index (Phi) is 7.79. The summed E-state index contributed by atoms with van der Waals surface area (Å²) in [5.41, 5.74) is 0. The summed E-state index contributed by atoms with van der Waals surface area (Å²) in [5, 5.41) is 10.1. The Morgan fingerprint density at radius 1 is 1.26 bits per heavy atom. The molecule has 0 saturated carbocycles. The number of aliphatic hydroxyl groups excluding tert-OH is 1. The molecular formula is C17H26BrNO4. The topological polar surface area (TPSA) is 51.2 Å². The molecule has 0 spiro atoms. The van der Waals surface area contributed by atoms with Crippen LogP contribution in [0.4, 0.5) is 0 Å². The number of morpholine rings is 1. The molecule has 1 saturated heterocycles. The van der Waals surface area contributed by atoms with Crippen molar-refractivity contribution in [2.24, 2.45) is 0 Å². The van der Waals surface area contributed by atoms with Crippen molar-refractivity contribution in [3.63, 3.8) is 0 Å². The van der Waals surface area contributed by atoms with Crippen LogP contribution in [-0.2, 0) is 9.47 Å². The summed E-state index contributed by atoms with van der Waals surface area (Å²) in [7, 11) is 0. The zero-order valence-electron chi connectivity index (χ0n) is 13.8. The van der Waals surface area contributed by atoms with Crippen molar-refractivity contribution in [3.05, 3.63) is 28.7 Å². The number of rotatable bonds is 8. The number of halogens is 1. The lowest BCUT2D eigenvalue weighted by Gasteiger charge is -2.36. The Balaban J connectivity index is 1.58. The van der Waals surface area contributed by atoms with Crippen LogP contribution >= 0.6 is 15.9 Å². The maximum atomic E-state index is 10.1. The molecule has 0 bridgehead atoms. The Labute approximate surface area is 146 Å². The van der Waals surface area contributed by atoms with E-state index in [2.05, 4.69) is 34.7 Å². The summed E-state index contributed by atoms with van der Waals surface area (Å²) in [6.45, 7) is 7.67. The third-order valence-corrected chi connectivity index (χ3v) is 4.25. The van der Waals surface area contributed by atoms with Crippen molar-refractivity contribution in [2.75, 3.05) is 39.5 Å². The predicted octanol–water partition coefficient (Wildman–Crippen LogP) is 2.31. The largest absolute Gasteiger partial charge is 0.490 e. The second-order valence-electron chi connectivity index (χ2n) is 5.98. The Morgan fingerprint density at radius 2 is 1.96 bits per heavy atom. The first-order chi connectivity index (χ1) is 11.0. The van der Waals surface area contributed by atoms with Gasteiger partial charge in [0.2, 0.25) is 0 Å². The van der Waals surface area contributed by atoms with E-state index in [1.54, 1.807) is 0 Å². The van der Waals surface area contributed by atoms with Crippen LogP contribution in [0, 0.1) is 0 Å². The van der Waals surface area contributed by atoms with Crippen molar-refractivity contribution in [1.29, 1.82) is 0 Å². The normalized spacial score (nSPS) is 23.7. The van der Waals surface area contributed by atoms with Crippen LogP contribution in [0.5, 0.6) is 5.75 Å². The van der Waals surface area contributed by atoms with Gasteiger partial charge in [0.05, 0.1) is 36.0 Å². The minimum atomic E-state index is -0.490. The second-order valence-corrected chi connectivity index (χ2v) is 6.84. The molecule has 1 aromatic rings. The highest BCUT2D eigenvalue weighted by Crippen LogP contribution is 2.23. The van der Waals surface area contributed by atoms with E-state index in [1.165, 1.54) is 0 Å². The van der Waals surface area contributed by atoms with E-state index in [0.717, 1.165) is 23.3 Å². The minimum absolute atomic E-state index is 0.213. The quantitative estimate of drug-likeness (QED) is 0.693. The summed E-state index contributed by atoms with van der Waals surface area (Å²) in [5.74, 6) is 0.799. The van der Waals surface area contributed by atoms with Crippen LogP contribution < -0.4 is 4.74 Å². The molecule has 1 aliphatic heterocycles. The average Bonchev–Trinajstić information content (AvgIpc) is 2.47. The number of nitrogens with zero attached hydrogens (tertiary/aromatic N) is 1. The molecule has 23 heavy (non-hydrogen) atoms. The molecule has 0 unspecified atom stereocenters. The molecule has 1 heterocycles. The lowest BCUT2D eigenvalue weighted by atomic mass is 10.2. The van der Waals surface area contributed by atoms with Gasteiger partial charge in [0.15, 0.2) is 0 Å². The average molecular weight is 388 g/mol. The van der Waals surface area contributed by atoms with E-state index < -0.39 is 6.10 Å². The summed E-state index contributed by atoms with van der Waals surface area (Å²) in [6.07, 6.45) is -0.0647. The lowest BCUT2D eigenvalue weighted by molar-refractivity contribution is -0.0824. The molecular weight excluding hydrogens is 362 g/mol. The van der Waals surface area contributed by atoms with Gasteiger partial charge < -0.3 is 19.3 Å². The van der Waals surface area contributed by atoms with Gasteiger partial charge in [-0.3, -0.25) is 4.90 Å². The SMILES string of the molecule is C[C@@H]1CN(C[C@H](O)COCCOc2ccccc2Br)C[C@H](C)O1. The zero-order chi connectivity index (χ0) is 16.7. The molecule has 5 nitrogen and oxygen atoms in total. The molecule has 6 heteroatoms. The van der Waals surface area contributed by atoms with E-state index in [-0.39, 0.29) is 12.2 Å². The minimum Gasteiger partial charge on any atom is -0.490 e. The van der Waals surface area contributed by atoms with Gasteiger partial charge in [-0.25, -0.2) is 0 Å². The number of aliphatic hydroxyl groups is 1. The first-order valence-corrected chi connectivity index (χ1v) is 8.85. The van der Waals surface area contributed by atoms with Crippen LogP contribution in [0.1, 0.15) is 13.8 Å². The monoisotopic (exact) mass is 387 g/mol. The van der Waals surface area contributed by atoms with Crippen LogP contribution in [0.2, 0.25) is 0 Å². The van der Waals surface area contributed by atoms with E-state index in [4.69, 9.17) is 14.2 Å². The standard InChI is InChI=1S/C17H26BrNO4/c1-13-9-19(10-14(2)23-13)11-15(20)12-21-7-8-22-17-6-4-3-5-16(17)18/h3-6,13-15,20H,7-12H2,1-2H3/t13-,14+,15-/m0/s1. The summed E-state index contributed by atoms with van der Waals surface area (Å²) in [6, 6.07) is 7.70. The summed E-state index contributed by atoms with van der Waals surface area (Å²) in [4.78, 5) is 2.23. The Morgan fingerprint density at radius 3 is 2.65 bits per heavy atom. The van der Waals surface area contributed by atoms with Crippen molar-refractivity contribution < 1.29 is 19.3 Å². The number of hydrogen-bond acceptors (Lipinski definition) is 5. The Hall–Kier alpha value is -0.660. The summed E-state index contributed by atoms with van der Waals surface area (Å²) < 4.78 is 17.7. The molecule has 1 aliphatic rings. The van der Waals surface area contributed by atoms with Crippen molar-refractivity contribution in [2.45, 2.75) is 32.2 Å². The zero-order valence-corrected chi connectivity index (χ0v) is 15.4. The lowest BCUT2D eigenvalue weighted by Crippen LogP contribution is -2.48. The molecule has 1 aromatic carbocycles. The van der Waals surface area contributed by atoms with Gasteiger partial charge in [-0.1, -0.05) is 12.1 Å². The van der Waals surface area contributed by atoms with Crippen LogP contribution in [0.15, 0.2) is 28.7 Å². The molecule has 0 aliphatic carbocycles. The number of para-hydroxylation sites is 1. The highest BCUT2D eigenvalue weighted by Gasteiger charge is 2.23. The maximum absolute atomic E-state index is 10.1. The number of ether oxygens (including phenoxy) is 3. The van der Waals surface area contributed by atoms with Crippen LogP contribution in [0.3, 0.4) is 0 Å². The fraction of sp³-hybridized carbons (Fsp3) is 0.647. The van der Waals surface area contributed by atoms with Gasteiger partial charge in [-0.15, -0.1) is 0 Å².